The van der Waals surface area contributed by atoms with E-state index in [0.29, 0.717) is 5.75 Å². The van der Waals surface area contributed by atoms with E-state index in [1.54, 1.807) is 40.0 Å². The van der Waals surface area contributed by atoms with E-state index in [4.69, 9.17) is 14.2 Å². The minimum Gasteiger partial charge on any atom is -0.497 e. The maximum atomic E-state index is 15.0. The van der Waals surface area contributed by atoms with Gasteiger partial charge < -0.3 is 19.5 Å². The minimum absolute atomic E-state index is 0.00756. The second kappa shape index (κ2) is 10.4. The lowest BCUT2D eigenvalue weighted by Crippen LogP contribution is -2.72. The summed E-state index contributed by atoms with van der Waals surface area (Å²) in [5.74, 6) is -0.934. The average molecular weight is 578 g/mol. The van der Waals surface area contributed by atoms with Gasteiger partial charge in [0, 0.05) is 30.5 Å². The molecule has 2 aliphatic rings. The molecule has 1 N–H and O–H groups in total. The van der Waals surface area contributed by atoms with E-state index < -0.39 is 60.1 Å². The Hall–Kier alpha value is -3.58. The van der Waals surface area contributed by atoms with Crippen molar-refractivity contribution in [3.63, 3.8) is 0 Å². The lowest BCUT2D eigenvalue weighted by atomic mass is 9.78. The summed E-state index contributed by atoms with van der Waals surface area (Å²) in [5, 5.41) is 14.3. The van der Waals surface area contributed by atoms with Gasteiger partial charge in [0.15, 0.2) is 9.84 Å². The number of hydrogen-bond donors (Lipinski definition) is 1. The van der Waals surface area contributed by atoms with Crippen LogP contribution in [0.4, 0.5) is 14.9 Å². The first-order chi connectivity index (χ1) is 18.6. The molecular formula is C27H32FN3O8S. The zero-order chi connectivity index (χ0) is 29.5. The third-order valence-electron chi connectivity index (χ3n) is 7.01. The van der Waals surface area contributed by atoms with Gasteiger partial charge in [-0.15, -0.1) is 0 Å². The number of nitro benzene ring substituents is 1. The summed E-state index contributed by atoms with van der Waals surface area (Å²) in [6.07, 6.45) is -1.46. The van der Waals surface area contributed by atoms with Crippen molar-refractivity contribution in [1.29, 1.82) is 0 Å². The Morgan fingerprint density at radius 3 is 2.42 bits per heavy atom. The zero-order valence-electron chi connectivity index (χ0n) is 22.9. The van der Waals surface area contributed by atoms with Crippen LogP contribution >= 0.6 is 0 Å². The van der Waals surface area contributed by atoms with Crippen LogP contribution < -0.4 is 10.1 Å². The molecule has 2 aromatic rings. The van der Waals surface area contributed by atoms with E-state index in [1.165, 1.54) is 6.92 Å². The molecule has 13 heteroatoms. The highest BCUT2D eigenvalue weighted by Crippen LogP contribution is 2.48. The number of carbonyl (C=O) groups excluding carboxylic acids is 1. The quantitative estimate of drug-likeness (QED) is 0.389. The Labute approximate surface area is 231 Å². The fourth-order valence-electron chi connectivity index (χ4n) is 4.95. The van der Waals surface area contributed by atoms with E-state index in [0.717, 1.165) is 23.8 Å². The van der Waals surface area contributed by atoms with Gasteiger partial charge in [-0.25, -0.2) is 17.6 Å². The minimum atomic E-state index is -4.09. The molecule has 2 aromatic carbocycles. The summed E-state index contributed by atoms with van der Waals surface area (Å²) in [7, 11) is -2.53. The van der Waals surface area contributed by atoms with E-state index in [9.17, 15) is 27.7 Å². The normalized spacial score (nSPS) is 26.6. The van der Waals surface area contributed by atoms with Gasteiger partial charge in [0.2, 0.25) is 0 Å². The third-order valence-corrected chi connectivity index (χ3v) is 9.69. The zero-order valence-corrected chi connectivity index (χ0v) is 23.7. The number of nitro groups is 1. The third kappa shape index (κ3) is 5.80. The topological polar surface area (TPSA) is 146 Å². The van der Waals surface area contributed by atoms with E-state index in [1.807, 2.05) is 12.1 Å². The molecule has 11 nitrogen and oxygen atoms in total. The number of sulfone groups is 1. The lowest BCUT2D eigenvalue weighted by Gasteiger charge is -2.53. The van der Waals surface area contributed by atoms with Crippen LogP contribution in [0.3, 0.4) is 0 Å². The Bertz CT molecular complexity index is 1450. The van der Waals surface area contributed by atoms with Crippen LogP contribution in [-0.4, -0.2) is 54.6 Å². The van der Waals surface area contributed by atoms with Crippen LogP contribution in [0.2, 0.25) is 0 Å². The molecule has 1 amide bonds. The van der Waals surface area contributed by atoms with Gasteiger partial charge in [-0.05, 0) is 51.5 Å². The van der Waals surface area contributed by atoms with Crippen molar-refractivity contribution in [2.24, 2.45) is 4.99 Å². The molecule has 216 valence electrons. The number of benzene rings is 2. The smallest absolute Gasteiger partial charge is 0.435 e. The number of halogens is 1. The number of nitrogens with one attached hydrogen (secondary N) is 1. The summed E-state index contributed by atoms with van der Waals surface area (Å²) in [6.45, 7) is 6.55. The molecule has 1 atom stereocenters. The van der Waals surface area contributed by atoms with E-state index in [-0.39, 0.29) is 30.8 Å². The van der Waals surface area contributed by atoms with Crippen molar-refractivity contribution in [3.05, 3.63) is 69.5 Å². The molecule has 4 rings (SSSR count). The number of methoxy groups -OCH3 is 1. The predicted octanol–water partition coefficient (Wildman–Crippen LogP) is 4.43. The van der Waals surface area contributed by atoms with Crippen LogP contribution in [0.1, 0.15) is 51.7 Å². The Morgan fingerprint density at radius 2 is 1.85 bits per heavy atom. The van der Waals surface area contributed by atoms with E-state index in [2.05, 4.69) is 10.3 Å². The fraction of sp³-hybridized carbons (Fsp3) is 0.481. The summed E-state index contributed by atoms with van der Waals surface area (Å²) < 4.78 is 57.5. The first-order valence-corrected chi connectivity index (χ1v) is 14.2. The van der Waals surface area contributed by atoms with Crippen molar-refractivity contribution >= 4 is 27.5 Å². The van der Waals surface area contributed by atoms with Crippen molar-refractivity contribution in [3.8, 4) is 5.75 Å². The first-order valence-electron chi connectivity index (χ1n) is 12.6. The molecule has 40 heavy (non-hydrogen) atoms. The molecule has 0 radical (unpaired) electrons. The highest BCUT2D eigenvalue weighted by Gasteiger charge is 2.64. The number of nitrogens with zero attached hydrogens (tertiary/aromatic N) is 2. The summed E-state index contributed by atoms with van der Waals surface area (Å²) in [6, 6.07) is 10.1. The van der Waals surface area contributed by atoms with Crippen molar-refractivity contribution in [2.45, 2.75) is 69.1 Å². The van der Waals surface area contributed by atoms with Crippen LogP contribution in [-0.2, 0) is 31.5 Å². The summed E-state index contributed by atoms with van der Waals surface area (Å²) in [5.41, 5.74) is -2.33. The van der Waals surface area contributed by atoms with Gasteiger partial charge in [-0.1, -0.05) is 12.1 Å². The SMILES string of the molecule is COc1ccc(COC2CC3(C2)/C(=N/C(=O)OC(C)(C)C)N[C@](C)(c2cc([N+](=O)[O-])ccc2F)CS3(=O)=O)cc1. The Balaban J connectivity index is 1.65. The molecular weight excluding hydrogens is 545 g/mol. The first kappa shape index (κ1) is 29.4. The number of aliphatic imine (C=N–C) groups is 1. The maximum absolute atomic E-state index is 15.0. The average Bonchev–Trinajstić information content (AvgIpc) is 2.81. The fourth-order valence-corrected chi connectivity index (χ4v) is 7.49. The van der Waals surface area contributed by atoms with Gasteiger partial charge >= 0.3 is 6.09 Å². The largest absolute Gasteiger partial charge is 0.497 e. The van der Waals surface area contributed by atoms with E-state index >= 15 is 0 Å². The lowest BCUT2D eigenvalue weighted by molar-refractivity contribution is -0.385. The highest BCUT2D eigenvalue weighted by atomic mass is 32.2. The number of carbonyl (C=O) groups is 1. The standard InChI is InChI=1S/C27H32FN3O8S/c1-25(2,3)39-24(32)29-23-27(13-20(14-27)38-15-17-6-9-19(37-5)10-7-17)40(35,36)16-26(4,30-23)21-12-18(31(33)34)8-11-22(21)28/h6-12,20H,13-16H2,1-5H3,(H,29,30,32)/t20?,26-,27?/m0/s1. The van der Waals surface area contributed by atoms with Crippen molar-refractivity contribution < 1.29 is 36.7 Å². The highest BCUT2D eigenvalue weighted by molar-refractivity contribution is 7.93. The number of non-ortho nitro benzene ring substituents is 1. The predicted molar refractivity (Wildman–Crippen MR) is 145 cm³/mol. The second-order valence-electron chi connectivity index (χ2n) is 11.3. The summed E-state index contributed by atoms with van der Waals surface area (Å²) >= 11 is 0. The summed E-state index contributed by atoms with van der Waals surface area (Å²) in [4.78, 5) is 27.4. The maximum Gasteiger partial charge on any atom is 0.435 e. The van der Waals surface area contributed by atoms with Crippen LogP contribution in [0.15, 0.2) is 47.5 Å². The molecule has 0 bridgehead atoms. The molecule has 1 spiro atoms. The van der Waals surface area contributed by atoms with Crippen LogP contribution in [0.5, 0.6) is 5.75 Å². The molecule has 0 unspecified atom stereocenters. The van der Waals surface area contributed by atoms with Crippen molar-refractivity contribution in [2.75, 3.05) is 12.9 Å². The molecule has 1 aliphatic carbocycles. The van der Waals surface area contributed by atoms with Crippen LogP contribution in [0.25, 0.3) is 0 Å². The second-order valence-corrected chi connectivity index (χ2v) is 13.6. The Morgan fingerprint density at radius 1 is 1.20 bits per heavy atom. The molecule has 1 aliphatic heterocycles. The molecule has 1 heterocycles. The van der Waals surface area contributed by atoms with Gasteiger partial charge in [-0.2, -0.15) is 4.99 Å². The number of ether oxygens (including phenoxy) is 3. The van der Waals surface area contributed by atoms with Crippen LogP contribution in [0, 0.1) is 15.9 Å². The van der Waals surface area contributed by atoms with Crippen molar-refractivity contribution in [1.82, 2.24) is 5.32 Å². The molecule has 1 saturated carbocycles. The monoisotopic (exact) mass is 577 g/mol. The van der Waals surface area contributed by atoms with Gasteiger partial charge in [-0.3, -0.25) is 10.1 Å². The molecule has 0 aromatic heterocycles. The number of hydrogen-bond acceptors (Lipinski definition) is 8. The molecule has 2 fully saturated rings. The van der Waals surface area contributed by atoms with Gasteiger partial charge in [0.05, 0.1) is 36.0 Å². The Kier molecular flexibility index (Phi) is 7.67. The number of amides is 1. The van der Waals surface area contributed by atoms with Gasteiger partial charge in [0.25, 0.3) is 5.69 Å². The van der Waals surface area contributed by atoms with Gasteiger partial charge in [0.1, 0.15) is 27.8 Å². The molecule has 1 saturated heterocycles. The number of amidine groups is 1. The number of rotatable bonds is 6.